The van der Waals surface area contributed by atoms with Gasteiger partial charge < -0.3 is 10.2 Å². The van der Waals surface area contributed by atoms with Gasteiger partial charge in [-0.3, -0.25) is 16.1 Å². The van der Waals surface area contributed by atoms with E-state index >= 15 is 0 Å². The second kappa shape index (κ2) is 8.32. The summed E-state index contributed by atoms with van der Waals surface area (Å²) in [6.45, 7) is 1.73. The van der Waals surface area contributed by atoms with Crippen molar-refractivity contribution in [1.29, 1.82) is 10.8 Å². The van der Waals surface area contributed by atoms with Crippen molar-refractivity contribution in [2.75, 3.05) is 18.4 Å². The maximum Gasteiger partial charge on any atom is 0.199 e. The van der Waals surface area contributed by atoms with Crippen LogP contribution >= 0.6 is 35.6 Å². The number of nitrogens with one attached hydrogen (secondary N) is 4. The molecule has 1 aromatic carbocycles. The highest BCUT2D eigenvalue weighted by Crippen LogP contribution is 2.22. The van der Waals surface area contributed by atoms with E-state index < -0.39 is 0 Å². The van der Waals surface area contributed by atoms with Crippen LogP contribution in [0, 0.1) is 10.8 Å². The monoisotopic (exact) mass is 349 g/mol. The van der Waals surface area contributed by atoms with Gasteiger partial charge in [-0.25, -0.2) is 0 Å². The summed E-state index contributed by atoms with van der Waals surface area (Å²) in [4.78, 5) is 1.94. The number of nitrogens with zero attached hydrogens (tertiary/aromatic N) is 1. The first kappa shape index (κ1) is 17.9. The Morgan fingerprint density at radius 1 is 1.00 bits per heavy atom. The number of benzene rings is 1. The zero-order chi connectivity index (χ0) is 14.5. The molecular formula is C13H18Cl3N5. The fraction of sp³-hybridized carbons (Fsp3) is 0.385. The normalized spacial score (nSPS) is 14.1. The van der Waals surface area contributed by atoms with Crippen LogP contribution in [0.2, 0.25) is 10.0 Å². The molecule has 1 saturated heterocycles. The van der Waals surface area contributed by atoms with E-state index in [4.69, 9.17) is 34.0 Å². The van der Waals surface area contributed by atoms with E-state index in [-0.39, 0.29) is 24.3 Å². The predicted molar refractivity (Wildman–Crippen MR) is 91.3 cm³/mol. The van der Waals surface area contributed by atoms with Crippen molar-refractivity contribution < 1.29 is 0 Å². The molecule has 1 aliphatic heterocycles. The van der Waals surface area contributed by atoms with Gasteiger partial charge in [0.1, 0.15) is 0 Å². The first-order valence-electron chi connectivity index (χ1n) is 6.47. The summed E-state index contributed by atoms with van der Waals surface area (Å²) in [7, 11) is 0. The minimum atomic E-state index is 0. The topological polar surface area (TPSA) is 75.0 Å². The summed E-state index contributed by atoms with van der Waals surface area (Å²) in [6, 6.07) is 4.98. The van der Waals surface area contributed by atoms with Crippen LogP contribution < -0.4 is 10.6 Å². The van der Waals surface area contributed by atoms with E-state index in [2.05, 4.69) is 10.6 Å². The van der Waals surface area contributed by atoms with Gasteiger partial charge in [-0.1, -0.05) is 23.2 Å². The summed E-state index contributed by atoms with van der Waals surface area (Å²) in [5.41, 5.74) is 0.617. The zero-order valence-electron chi connectivity index (χ0n) is 11.4. The lowest BCUT2D eigenvalue weighted by atomic mass is 10.1. The molecule has 4 N–H and O–H groups in total. The molecule has 1 fully saturated rings. The summed E-state index contributed by atoms with van der Waals surface area (Å²) in [5.74, 6) is 0.272. The number of guanidine groups is 2. The summed E-state index contributed by atoms with van der Waals surface area (Å²) < 4.78 is 0. The van der Waals surface area contributed by atoms with Crippen molar-refractivity contribution >= 4 is 53.2 Å². The maximum absolute atomic E-state index is 7.95. The van der Waals surface area contributed by atoms with Crippen molar-refractivity contribution in [1.82, 2.24) is 10.2 Å². The summed E-state index contributed by atoms with van der Waals surface area (Å²) >= 11 is 11.8. The Morgan fingerprint density at radius 3 is 2.14 bits per heavy atom. The molecule has 2 rings (SSSR count). The van der Waals surface area contributed by atoms with Gasteiger partial charge in [0, 0.05) is 28.8 Å². The Balaban J connectivity index is 0.00000220. The van der Waals surface area contributed by atoms with Crippen LogP contribution in [-0.4, -0.2) is 29.9 Å². The molecule has 1 heterocycles. The van der Waals surface area contributed by atoms with Crippen molar-refractivity contribution in [3.8, 4) is 0 Å². The molecule has 0 aromatic heterocycles. The number of piperidine rings is 1. The molecule has 0 saturated carbocycles. The quantitative estimate of drug-likeness (QED) is 0.460. The van der Waals surface area contributed by atoms with Gasteiger partial charge in [0.05, 0.1) is 0 Å². The van der Waals surface area contributed by atoms with E-state index in [0.29, 0.717) is 15.7 Å². The van der Waals surface area contributed by atoms with Gasteiger partial charge in [-0.05, 0) is 37.5 Å². The predicted octanol–water partition coefficient (Wildman–Crippen LogP) is 3.77. The average Bonchev–Trinajstić information content (AvgIpc) is 2.38. The molecule has 8 heteroatoms. The van der Waals surface area contributed by atoms with Gasteiger partial charge in [-0.15, -0.1) is 12.4 Å². The van der Waals surface area contributed by atoms with Gasteiger partial charge in [0.2, 0.25) is 0 Å². The molecule has 0 bridgehead atoms. The van der Waals surface area contributed by atoms with Crippen LogP contribution in [0.5, 0.6) is 0 Å². The van der Waals surface area contributed by atoms with Gasteiger partial charge in [0.25, 0.3) is 0 Å². The zero-order valence-corrected chi connectivity index (χ0v) is 13.7. The summed E-state index contributed by atoms with van der Waals surface area (Å²) in [5, 5.41) is 22.3. The van der Waals surface area contributed by atoms with Crippen LogP contribution in [0.15, 0.2) is 18.2 Å². The smallest absolute Gasteiger partial charge is 0.199 e. The highest BCUT2D eigenvalue weighted by atomic mass is 35.5. The van der Waals surface area contributed by atoms with Crippen LogP contribution in [0.25, 0.3) is 0 Å². The van der Waals surface area contributed by atoms with Crippen LogP contribution in [0.3, 0.4) is 0 Å². The Labute approximate surface area is 140 Å². The Morgan fingerprint density at radius 2 is 1.57 bits per heavy atom. The molecular weight excluding hydrogens is 333 g/mol. The summed E-state index contributed by atoms with van der Waals surface area (Å²) in [6.07, 6.45) is 3.39. The molecule has 116 valence electrons. The third-order valence-corrected chi connectivity index (χ3v) is 3.48. The number of halogens is 3. The van der Waals surface area contributed by atoms with Crippen molar-refractivity contribution in [3.63, 3.8) is 0 Å². The van der Waals surface area contributed by atoms with Crippen molar-refractivity contribution in [2.24, 2.45) is 0 Å². The molecule has 0 unspecified atom stereocenters. The highest BCUT2D eigenvalue weighted by Gasteiger charge is 2.14. The molecule has 21 heavy (non-hydrogen) atoms. The Hall–Kier alpha value is -1.17. The average molecular weight is 351 g/mol. The van der Waals surface area contributed by atoms with Gasteiger partial charge in [0.15, 0.2) is 11.9 Å². The molecule has 0 atom stereocenters. The number of rotatable bonds is 1. The lowest BCUT2D eigenvalue weighted by Gasteiger charge is -2.29. The number of hydrogen-bond acceptors (Lipinski definition) is 2. The standard InChI is InChI=1S/C13H17Cl2N5.ClH/c14-9-6-10(15)8-11(7-9)18-12(16)19-13(17)20-4-2-1-3-5-20;/h6-8H,1-5H2,(H4,16,17,18,19);1H. The second-order valence-electron chi connectivity index (χ2n) is 4.68. The third kappa shape index (κ3) is 5.61. The first-order valence-corrected chi connectivity index (χ1v) is 7.22. The molecule has 0 aliphatic carbocycles. The fourth-order valence-electron chi connectivity index (χ4n) is 2.12. The van der Waals surface area contributed by atoms with Gasteiger partial charge >= 0.3 is 0 Å². The number of hydrogen-bond donors (Lipinski definition) is 4. The molecule has 1 aromatic rings. The van der Waals surface area contributed by atoms with Gasteiger partial charge in [-0.2, -0.15) is 0 Å². The number of likely N-dealkylation sites (tertiary alicyclic amines) is 1. The van der Waals surface area contributed by atoms with Crippen LogP contribution in [-0.2, 0) is 0 Å². The Kier molecular flexibility index (Phi) is 7.08. The van der Waals surface area contributed by atoms with E-state index in [1.54, 1.807) is 18.2 Å². The van der Waals surface area contributed by atoms with Crippen molar-refractivity contribution in [3.05, 3.63) is 28.2 Å². The minimum Gasteiger partial charge on any atom is -0.343 e. The van der Waals surface area contributed by atoms with Crippen LogP contribution in [0.4, 0.5) is 5.69 Å². The van der Waals surface area contributed by atoms with Crippen molar-refractivity contribution in [2.45, 2.75) is 19.3 Å². The molecule has 0 spiro atoms. The lowest BCUT2D eigenvalue weighted by molar-refractivity contribution is 0.334. The van der Waals surface area contributed by atoms with E-state index in [0.717, 1.165) is 25.9 Å². The number of anilines is 1. The maximum atomic E-state index is 7.95. The second-order valence-corrected chi connectivity index (χ2v) is 5.55. The Bertz CT molecular complexity index is 494. The molecule has 5 nitrogen and oxygen atoms in total. The molecule has 1 aliphatic rings. The molecule has 0 radical (unpaired) electrons. The van der Waals surface area contributed by atoms with E-state index in [1.165, 1.54) is 6.42 Å². The fourth-order valence-corrected chi connectivity index (χ4v) is 2.64. The third-order valence-electron chi connectivity index (χ3n) is 3.05. The molecule has 0 amide bonds. The van der Waals surface area contributed by atoms with Crippen LogP contribution in [0.1, 0.15) is 19.3 Å². The lowest BCUT2D eigenvalue weighted by Crippen LogP contribution is -2.47. The van der Waals surface area contributed by atoms with E-state index in [1.807, 2.05) is 4.90 Å². The van der Waals surface area contributed by atoms with E-state index in [9.17, 15) is 0 Å². The SMILES string of the molecule is Cl.N=C(NC(=N)N1CCCCC1)Nc1cc(Cl)cc(Cl)c1. The largest absolute Gasteiger partial charge is 0.343 e. The minimum absolute atomic E-state index is 0. The highest BCUT2D eigenvalue weighted by molar-refractivity contribution is 6.35. The first-order chi connectivity index (χ1) is 9.54.